The lowest BCUT2D eigenvalue weighted by atomic mass is 9.95. The van der Waals surface area contributed by atoms with Gasteiger partial charge in [0.05, 0.1) is 24.3 Å². The molecule has 3 rings (SSSR count). The third-order valence-electron chi connectivity index (χ3n) is 6.19. The zero-order valence-electron chi connectivity index (χ0n) is 21.7. The molecule has 194 valence electrons. The van der Waals surface area contributed by atoms with Crippen molar-refractivity contribution in [1.29, 1.82) is 0 Å². The number of phenols is 1. The maximum Gasteiger partial charge on any atom is 0.295 e. The number of likely N-dealkylation sites (tertiary alicyclic amines) is 1. The topological polar surface area (TPSA) is 99.5 Å². The lowest BCUT2D eigenvalue weighted by molar-refractivity contribution is -0.140. The number of phenolic OH excluding ortho intramolecular Hbond substituents is 1. The third kappa shape index (κ3) is 5.82. The quantitative estimate of drug-likeness (QED) is 0.271. The van der Waals surface area contributed by atoms with Crippen molar-refractivity contribution in [2.24, 2.45) is 0 Å². The number of benzene rings is 2. The van der Waals surface area contributed by atoms with Crippen LogP contribution < -0.4 is 9.47 Å². The second-order valence-corrected chi connectivity index (χ2v) is 8.87. The van der Waals surface area contributed by atoms with Gasteiger partial charge in [-0.25, -0.2) is 0 Å². The Labute approximate surface area is 212 Å². The van der Waals surface area contributed by atoms with Gasteiger partial charge in [0, 0.05) is 18.7 Å². The molecule has 8 heteroatoms. The fourth-order valence-electron chi connectivity index (χ4n) is 4.34. The Morgan fingerprint density at radius 1 is 1.06 bits per heavy atom. The highest BCUT2D eigenvalue weighted by atomic mass is 16.5. The minimum Gasteiger partial charge on any atom is -0.507 e. The minimum absolute atomic E-state index is 0.00483. The van der Waals surface area contributed by atoms with Crippen LogP contribution in [0.2, 0.25) is 0 Å². The number of hydrogen-bond acceptors (Lipinski definition) is 7. The van der Waals surface area contributed by atoms with Crippen LogP contribution in [0.1, 0.15) is 51.8 Å². The van der Waals surface area contributed by atoms with Crippen LogP contribution in [0.5, 0.6) is 17.2 Å². The van der Waals surface area contributed by atoms with E-state index in [4.69, 9.17) is 9.47 Å². The number of amides is 1. The first-order chi connectivity index (χ1) is 17.2. The number of carbonyl (C=O) groups is 2. The fourth-order valence-corrected chi connectivity index (χ4v) is 4.34. The zero-order valence-corrected chi connectivity index (χ0v) is 21.7. The molecule has 36 heavy (non-hydrogen) atoms. The summed E-state index contributed by atoms with van der Waals surface area (Å²) >= 11 is 0. The van der Waals surface area contributed by atoms with Gasteiger partial charge in [-0.3, -0.25) is 9.59 Å². The molecule has 1 amide bonds. The normalized spacial score (nSPS) is 17.3. The molecule has 2 aromatic carbocycles. The maximum atomic E-state index is 13.3. The molecule has 1 heterocycles. The first-order valence-corrected chi connectivity index (χ1v) is 12.4. The van der Waals surface area contributed by atoms with Gasteiger partial charge in [-0.2, -0.15) is 0 Å². The summed E-state index contributed by atoms with van der Waals surface area (Å²) in [4.78, 5) is 30.1. The molecule has 0 bridgehead atoms. The molecular formula is C28H36N2O6. The van der Waals surface area contributed by atoms with Gasteiger partial charge in [-0.15, -0.1) is 0 Å². The number of nitrogens with zero attached hydrogens (tertiary/aromatic N) is 2. The van der Waals surface area contributed by atoms with E-state index in [9.17, 15) is 19.8 Å². The number of aromatic hydroxyl groups is 1. The molecule has 0 unspecified atom stereocenters. The number of likely N-dealkylation sites (N-methyl/N-ethyl adjacent to an activating group) is 1. The average Bonchev–Trinajstić information content (AvgIpc) is 3.11. The SMILES string of the molecule is CCOc1cc([C@H]2/C(=C(\O)c3ccc(OC(C)C)cc3)C(=O)C(=O)N2CCN(CC)CC)ccc1O. The van der Waals surface area contributed by atoms with E-state index in [1.165, 1.54) is 11.0 Å². The zero-order chi connectivity index (χ0) is 26.4. The van der Waals surface area contributed by atoms with E-state index in [1.807, 2.05) is 27.7 Å². The Kier molecular flexibility index (Phi) is 8.98. The summed E-state index contributed by atoms with van der Waals surface area (Å²) in [5.74, 6) is -0.825. The molecule has 1 atom stereocenters. The van der Waals surface area contributed by atoms with Crippen LogP contribution in [-0.4, -0.2) is 70.6 Å². The van der Waals surface area contributed by atoms with Gasteiger partial charge in [0.15, 0.2) is 11.5 Å². The van der Waals surface area contributed by atoms with Crippen LogP contribution in [0, 0.1) is 0 Å². The van der Waals surface area contributed by atoms with E-state index in [2.05, 4.69) is 4.90 Å². The molecule has 0 aromatic heterocycles. The molecular weight excluding hydrogens is 460 g/mol. The molecule has 0 saturated carbocycles. The van der Waals surface area contributed by atoms with Crippen molar-refractivity contribution in [3.8, 4) is 17.2 Å². The van der Waals surface area contributed by atoms with Crippen LogP contribution in [0.4, 0.5) is 0 Å². The first kappa shape index (κ1) is 27.1. The molecule has 8 nitrogen and oxygen atoms in total. The number of Topliss-reactive ketones (excluding diaryl/α,β-unsaturated/α-hetero) is 1. The van der Waals surface area contributed by atoms with Gasteiger partial charge in [-0.1, -0.05) is 19.9 Å². The maximum absolute atomic E-state index is 13.3. The summed E-state index contributed by atoms with van der Waals surface area (Å²) in [6.07, 6.45) is -0.00499. The molecule has 1 saturated heterocycles. The number of carbonyl (C=O) groups excluding carboxylic acids is 2. The molecule has 2 N–H and O–H groups in total. The molecule has 0 aliphatic carbocycles. The van der Waals surface area contributed by atoms with Crippen molar-refractivity contribution in [2.45, 2.75) is 46.8 Å². The van der Waals surface area contributed by atoms with Crippen LogP contribution in [0.25, 0.3) is 5.76 Å². The van der Waals surface area contributed by atoms with Crippen molar-refractivity contribution in [3.05, 3.63) is 59.2 Å². The highest BCUT2D eigenvalue weighted by Crippen LogP contribution is 2.41. The minimum atomic E-state index is -0.827. The predicted octanol–water partition coefficient (Wildman–Crippen LogP) is 4.34. The van der Waals surface area contributed by atoms with Gasteiger partial charge in [0.1, 0.15) is 11.5 Å². The highest BCUT2D eigenvalue weighted by molar-refractivity contribution is 6.46. The van der Waals surface area contributed by atoms with Crippen molar-refractivity contribution < 1.29 is 29.3 Å². The molecule has 1 aliphatic heterocycles. The molecule has 0 spiro atoms. The number of ether oxygens (including phenoxy) is 2. The third-order valence-corrected chi connectivity index (χ3v) is 6.19. The summed E-state index contributed by atoms with van der Waals surface area (Å²) in [6, 6.07) is 10.7. The van der Waals surface area contributed by atoms with Crippen LogP contribution >= 0.6 is 0 Å². The average molecular weight is 497 g/mol. The Bertz CT molecular complexity index is 1110. The van der Waals surface area contributed by atoms with Crippen molar-refractivity contribution in [3.63, 3.8) is 0 Å². The van der Waals surface area contributed by atoms with Crippen LogP contribution in [-0.2, 0) is 9.59 Å². The van der Waals surface area contributed by atoms with Crippen LogP contribution in [0.15, 0.2) is 48.0 Å². The number of aliphatic hydroxyl groups excluding tert-OH is 1. The Morgan fingerprint density at radius 2 is 1.72 bits per heavy atom. The summed E-state index contributed by atoms with van der Waals surface area (Å²) < 4.78 is 11.2. The van der Waals surface area contributed by atoms with Gasteiger partial charge in [0.2, 0.25) is 0 Å². The van der Waals surface area contributed by atoms with Gasteiger partial charge >= 0.3 is 0 Å². The smallest absolute Gasteiger partial charge is 0.295 e. The number of hydrogen-bond donors (Lipinski definition) is 2. The van der Waals surface area contributed by atoms with E-state index in [0.717, 1.165) is 13.1 Å². The Morgan fingerprint density at radius 3 is 2.31 bits per heavy atom. The highest BCUT2D eigenvalue weighted by Gasteiger charge is 2.46. The number of ketones is 1. The summed E-state index contributed by atoms with van der Waals surface area (Å²) in [5, 5.41) is 21.5. The second kappa shape index (κ2) is 11.9. The van der Waals surface area contributed by atoms with E-state index < -0.39 is 17.7 Å². The summed E-state index contributed by atoms with van der Waals surface area (Å²) in [6.45, 7) is 12.6. The lowest BCUT2D eigenvalue weighted by Crippen LogP contribution is -2.38. The number of aliphatic hydroxyl groups is 1. The first-order valence-electron chi connectivity index (χ1n) is 12.4. The molecule has 2 aromatic rings. The Hall–Kier alpha value is -3.52. The monoisotopic (exact) mass is 496 g/mol. The predicted molar refractivity (Wildman–Crippen MR) is 138 cm³/mol. The van der Waals surface area contributed by atoms with Crippen LogP contribution in [0.3, 0.4) is 0 Å². The Balaban J connectivity index is 2.10. The molecule has 1 aliphatic rings. The second-order valence-electron chi connectivity index (χ2n) is 8.87. The van der Waals surface area contributed by atoms with Gasteiger partial charge in [0.25, 0.3) is 11.7 Å². The van der Waals surface area contributed by atoms with E-state index in [-0.39, 0.29) is 28.9 Å². The van der Waals surface area contributed by atoms with Crippen molar-refractivity contribution in [2.75, 3.05) is 32.8 Å². The summed E-state index contributed by atoms with van der Waals surface area (Å²) in [5.41, 5.74) is 0.975. The van der Waals surface area contributed by atoms with Gasteiger partial charge < -0.3 is 29.5 Å². The van der Waals surface area contributed by atoms with E-state index >= 15 is 0 Å². The largest absolute Gasteiger partial charge is 0.507 e. The summed E-state index contributed by atoms with van der Waals surface area (Å²) in [7, 11) is 0. The molecule has 1 fully saturated rings. The lowest BCUT2D eigenvalue weighted by Gasteiger charge is -2.28. The van der Waals surface area contributed by atoms with E-state index in [0.29, 0.717) is 36.6 Å². The molecule has 0 radical (unpaired) electrons. The van der Waals surface area contributed by atoms with Gasteiger partial charge in [-0.05, 0) is 75.8 Å². The standard InChI is InChI=1S/C28H36N2O6/c1-6-29(7-2)15-16-30-25(20-11-14-22(31)23(17-20)35-8-3)24(27(33)28(30)34)26(32)19-9-12-21(13-10-19)36-18(4)5/h9-14,17-18,25,31-32H,6-8,15-16H2,1-5H3/b26-24+/t25-/m0/s1. The van der Waals surface area contributed by atoms with E-state index in [1.54, 1.807) is 43.3 Å². The van der Waals surface area contributed by atoms with Crippen molar-refractivity contribution >= 4 is 17.4 Å². The van der Waals surface area contributed by atoms with Crippen molar-refractivity contribution in [1.82, 2.24) is 9.80 Å². The fraction of sp³-hybridized carbons (Fsp3) is 0.429. The number of rotatable bonds is 11.